The van der Waals surface area contributed by atoms with E-state index in [1.165, 1.54) is 18.5 Å². The number of hydrogen-bond acceptors (Lipinski definition) is 2. The van der Waals surface area contributed by atoms with Gasteiger partial charge in [-0.3, -0.25) is 0 Å². The molecule has 0 aromatic heterocycles. The Labute approximate surface area is 97.0 Å². The van der Waals surface area contributed by atoms with Crippen LogP contribution in [0.25, 0.3) is 0 Å². The second kappa shape index (κ2) is 3.49. The summed E-state index contributed by atoms with van der Waals surface area (Å²) in [4.78, 5) is 0. The highest BCUT2D eigenvalue weighted by Crippen LogP contribution is 2.56. The van der Waals surface area contributed by atoms with Crippen LogP contribution in [0.3, 0.4) is 0 Å². The summed E-state index contributed by atoms with van der Waals surface area (Å²) in [6.45, 7) is 6.47. The zero-order valence-electron chi connectivity index (χ0n) is 9.99. The quantitative estimate of drug-likeness (QED) is 0.839. The van der Waals surface area contributed by atoms with Crippen LogP contribution in [-0.4, -0.2) is 19.2 Å². The Hall–Kier alpha value is -1.02. The van der Waals surface area contributed by atoms with Crippen LogP contribution in [0.5, 0.6) is 5.75 Å². The molecule has 0 radical (unpaired) electrons. The molecule has 0 amide bonds. The van der Waals surface area contributed by atoms with Gasteiger partial charge in [-0.1, -0.05) is 12.1 Å². The third-order valence-corrected chi connectivity index (χ3v) is 3.86. The molecule has 2 unspecified atom stereocenters. The molecule has 1 aliphatic heterocycles. The van der Waals surface area contributed by atoms with E-state index in [0.717, 1.165) is 18.2 Å². The van der Waals surface area contributed by atoms with E-state index in [4.69, 9.17) is 4.74 Å². The normalized spacial score (nSPS) is 31.6. The van der Waals surface area contributed by atoms with Crippen molar-refractivity contribution in [1.82, 2.24) is 5.32 Å². The predicted molar refractivity (Wildman–Crippen MR) is 64.9 cm³/mol. The maximum Gasteiger partial charge on any atom is 0.119 e. The SMILES string of the molecule is CC(C)Oc1ccc(C23CNCC2C3)cc1. The fourth-order valence-electron chi connectivity index (χ4n) is 2.93. The third kappa shape index (κ3) is 1.52. The topological polar surface area (TPSA) is 21.3 Å². The Morgan fingerprint density at radius 3 is 2.56 bits per heavy atom. The number of nitrogens with one attached hydrogen (secondary N) is 1. The van der Waals surface area contributed by atoms with Crippen LogP contribution >= 0.6 is 0 Å². The Balaban J connectivity index is 1.78. The molecule has 2 aliphatic rings. The summed E-state index contributed by atoms with van der Waals surface area (Å²) in [5, 5.41) is 3.48. The van der Waals surface area contributed by atoms with Gasteiger partial charge in [0.25, 0.3) is 0 Å². The van der Waals surface area contributed by atoms with E-state index in [9.17, 15) is 0 Å². The molecular weight excluding hydrogens is 198 g/mol. The molecule has 1 saturated carbocycles. The zero-order valence-corrected chi connectivity index (χ0v) is 9.99. The predicted octanol–water partition coefficient (Wildman–Crippen LogP) is 2.33. The second-order valence-corrected chi connectivity index (χ2v) is 5.38. The summed E-state index contributed by atoms with van der Waals surface area (Å²) in [7, 11) is 0. The van der Waals surface area contributed by atoms with Gasteiger partial charge in [0.2, 0.25) is 0 Å². The van der Waals surface area contributed by atoms with E-state index >= 15 is 0 Å². The van der Waals surface area contributed by atoms with Crippen molar-refractivity contribution in [2.45, 2.75) is 31.8 Å². The zero-order chi connectivity index (χ0) is 11.2. The van der Waals surface area contributed by atoms with Crippen molar-refractivity contribution in [3.05, 3.63) is 29.8 Å². The van der Waals surface area contributed by atoms with Crippen LogP contribution in [0, 0.1) is 5.92 Å². The van der Waals surface area contributed by atoms with Crippen molar-refractivity contribution in [2.75, 3.05) is 13.1 Å². The standard InChI is InChI=1S/C14H19NO/c1-10(2)16-13-5-3-11(4-6-13)14-7-12(14)8-15-9-14/h3-6,10,12,15H,7-9H2,1-2H3. The first-order chi connectivity index (χ1) is 7.71. The third-order valence-electron chi connectivity index (χ3n) is 3.86. The van der Waals surface area contributed by atoms with Gasteiger partial charge >= 0.3 is 0 Å². The Kier molecular flexibility index (Phi) is 2.21. The van der Waals surface area contributed by atoms with Gasteiger partial charge in [0, 0.05) is 12.0 Å². The number of benzene rings is 1. The van der Waals surface area contributed by atoms with E-state index < -0.39 is 0 Å². The highest BCUT2D eigenvalue weighted by Gasteiger charge is 2.57. The fraction of sp³-hybridized carbons (Fsp3) is 0.571. The molecule has 1 heterocycles. The Bertz CT molecular complexity index is 384. The fourth-order valence-corrected chi connectivity index (χ4v) is 2.93. The van der Waals surface area contributed by atoms with Gasteiger partial charge in [0.1, 0.15) is 5.75 Å². The molecule has 3 rings (SSSR count). The summed E-state index contributed by atoms with van der Waals surface area (Å²) >= 11 is 0. The van der Waals surface area contributed by atoms with Gasteiger partial charge in [-0.05, 0) is 50.4 Å². The molecule has 2 nitrogen and oxygen atoms in total. The Morgan fingerprint density at radius 2 is 2.06 bits per heavy atom. The highest BCUT2D eigenvalue weighted by atomic mass is 16.5. The molecule has 1 aromatic rings. The smallest absolute Gasteiger partial charge is 0.119 e. The first kappa shape index (κ1) is 10.2. The number of ether oxygens (including phenoxy) is 1. The molecule has 0 bridgehead atoms. The molecule has 0 spiro atoms. The average Bonchev–Trinajstić information content (AvgIpc) is 2.82. The number of rotatable bonds is 3. The van der Waals surface area contributed by atoms with Crippen molar-refractivity contribution in [3.8, 4) is 5.75 Å². The van der Waals surface area contributed by atoms with Crippen LogP contribution in [0.4, 0.5) is 0 Å². The van der Waals surface area contributed by atoms with E-state index in [-0.39, 0.29) is 6.10 Å². The van der Waals surface area contributed by atoms with E-state index in [2.05, 4.69) is 43.4 Å². The molecule has 1 aromatic carbocycles. The van der Waals surface area contributed by atoms with Crippen LogP contribution in [0.15, 0.2) is 24.3 Å². The molecule has 2 fully saturated rings. The molecule has 1 aliphatic carbocycles. The van der Waals surface area contributed by atoms with Crippen LogP contribution in [0.2, 0.25) is 0 Å². The largest absolute Gasteiger partial charge is 0.491 e. The van der Waals surface area contributed by atoms with E-state index in [1.54, 1.807) is 0 Å². The van der Waals surface area contributed by atoms with Gasteiger partial charge in [-0.25, -0.2) is 0 Å². The van der Waals surface area contributed by atoms with Crippen molar-refractivity contribution in [2.24, 2.45) is 5.92 Å². The highest BCUT2D eigenvalue weighted by molar-refractivity contribution is 5.40. The summed E-state index contributed by atoms with van der Waals surface area (Å²) < 4.78 is 5.66. The van der Waals surface area contributed by atoms with Crippen LogP contribution in [0.1, 0.15) is 25.8 Å². The van der Waals surface area contributed by atoms with Crippen molar-refractivity contribution < 1.29 is 4.74 Å². The lowest BCUT2D eigenvalue weighted by atomic mass is 9.95. The van der Waals surface area contributed by atoms with Crippen molar-refractivity contribution >= 4 is 0 Å². The lowest BCUT2D eigenvalue weighted by Gasteiger charge is -2.14. The molecule has 2 atom stereocenters. The molecular formula is C14H19NO. The number of hydrogen-bond donors (Lipinski definition) is 1. The average molecular weight is 217 g/mol. The lowest BCUT2D eigenvalue weighted by Crippen LogP contribution is -2.19. The monoisotopic (exact) mass is 217 g/mol. The molecule has 1 N–H and O–H groups in total. The first-order valence-corrected chi connectivity index (χ1v) is 6.19. The molecule has 16 heavy (non-hydrogen) atoms. The summed E-state index contributed by atoms with van der Waals surface area (Å²) in [5.41, 5.74) is 1.95. The van der Waals surface area contributed by atoms with Crippen molar-refractivity contribution in [3.63, 3.8) is 0 Å². The van der Waals surface area contributed by atoms with Gasteiger partial charge < -0.3 is 10.1 Å². The van der Waals surface area contributed by atoms with Crippen molar-refractivity contribution in [1.29, 1.82) is 0 Å². The summed E-state index contributed by atoms with van der Waals surface area (Å²) in [6.07, 6.45) is 1.62. The maximum atomic E-state index is 5.66. The molecule has 1 saturated heterocycles. The van der Waals surface area contributed by atoms with Gasteiger partial charge in [0.15, 0.2) is 0 Å². The molecule has 2 heteroatoms. The maximum absolute atomic E-state index is 5.66. The minimum Gasteiger partial charge on any atom is -0.491 e. The molecule has 86 valence electrons. The van der Waals surface area contributed by atoms with Crippen LogP contribution in [-0.2, 0) is 5.41 Å². The van der Waals surface area contributed by atoms with Gasteiger partial charge in [-0.2, -0.15) is 0 Å². The van der Waals surface area contributed by atoms with E-state index in [0.29, 0.717) is 5.41 Å². The number of piperidine rings is 1. The summed E-state index contributed by atoms with van der Waals surface area (Å²) in [6, 6.07) is 8.70. The number of fused-ring (bicyclic) bond motifs is 1. The van der Waals surface area contributed by atoms with E-state index in [1.807, 2.05) is 0 Å². The van der Waals surface area contributed by atoms with Crippen LogP contribution < -0.4 is 10.1 Å². The van der Waals surface area contributed by atoms with Gasteiger partial charge in [0.05, 0.1) is 6.10 Å². The minimum atomic E-state index is 0.255. The Morgan fingerprint density at radius 1 is 1.31 bits per heavy atom. The second-order valence-electron chi connectivity index (χ2n) is 5.38. The first-order valence-electron chi connectivity index (χ1n) is 6.19. The van der Waals surface area contributed by atoms with Gasteiger partial charge in [-0.15, -0.1) is 0 Å². The minimum absolute atomic E-state index is 0.255. The summed E-state index contributed by atoms with van der Waals surface area (Å²) in [5.74, 6) is 1.86. The lowest BCUT2D eigenvalue weighted by molar-refractivity contribution is 0.242.